The molecule has 0 fully saturated rings. The number of aryl methyl sites for hydroxylation is 1. The predicted molar refractivity (Wildman–Crippen MR) is 88.7 cm³/mol. The Kier molecular flexibility index (Phi) is 5.26. The van der Waals surface area contributed by atoms with Gasteiger partial charge in [0.1, 0.15) is 0 Å². The summed E-state index contributed by atoms with van der Waals surface area (Å²) in [5, 5.41) is 8.18. The third-order valence-corrected chi connectivity index (χ3v) is 4.64. The number of pyridine rings is 1. The number of halogens is 4. The van der Waals surface area contributed by atoms with Gasteiger partial charge in [0.05, 0.1) is 4.90 Å². The van der Waals surface area contributed by atoms with Crippen LogP contribution in [-0.2, 0) is 6.54 Å². The van der Waals surface area contributed by atoms with Crippen molar-refractivity contribution >= 4 is 11.8 Å². The van der Waals surface area contributed by atoms with Crippen molar-refractivity contribution in [2.75, 3.05) is 0 Å². The molecule has 3 rings (SSSR count). The monoisotopic (exact) mass is 382 g/mol. The molecule has 9 heteroatoms. The van der Waals surface area contributed by atoms with Crippen molar-refractivity contribution in [3.63, 3.8) is 0 Å². The molecular weight excluding hydrogens is 368 g/mol. The number of rotatable bonds is 5. The fourth-order valence-electron chi connectivity index (χ4n) is 2.44. The Hall–Kier alpha value is -2.42. The molecule has 4 nitrogen and oxygen atoms in total. The van der Waals surface area contributed by atoms with Gasteiger partial charge in [0.2, 0.25) is 0 Å². The summed E-state index contributed by atoms with van der Waals surface area (Å²) in [6.07, 6.45) is 0.703. The van der Waals surface area contributed by atoms with E-state index in [1.54, 1.807) is 4.57 Å². The molecule has 0 unspecified atom stereocenters. The lowest BCUT2D eigenvalue weighted by molar-refractivity contribution is 0.383. The van der Waals surface area contributed by atoms with Gasteiger partial charge in [0.15, 0.2) is 22.6 Å². The van der Waals surface area contributed by atoms with Gasteiger partial charge in [-0.3, -0.25) is 0 Å². The van der Waals surface area contributed by atoms with Gasteiger partial charge in [0, 0.05) is 12.1 Å². The maximum Gasteiger partial charge on any atom is 0.252 e. The minimum atomic E-state index is -1.70. The number of hydrogen-bond donors (Lipinski definition) is 0. The number of hydrogen-bond acceptors (Lipinski definition) is 4. The summed E-state index contributed by atoms with van der Waals surface area (Å²) in [6, 6.07) is 7.52. The highest BCUT2D eigenvalue weighted by Crippen LogP contribution is 2.34. The smallest absolute Gasteiger partial charge is 0.252 e. The van der Waals surface area contributed by atoms with Gasteiger partial charge in [-0.2, -0.15) is 13.8 Å². The molecule has 3 aromatic rings. The van der Waals surface area contributed by atoms with Crippen LogP contribution in [0.1, 0.15) is 18.9 Å². The average Bonchev–Trinajstić information content (AvgIpc) is 3.00. The molecule has 0 aliphatic heterocycles. The molecule has 0 atom stereocenters. The molecule has 0 radical (unpaired) electrons. The topological polar surface area (TPSA) is 43.6 Å². The Morgan fingerprint density at radius 1 is 1.04 bits per heavy atom. The van der Waals surface area contributed by atoms with Gasteiger partial charge in [-0.15, -0.1) is 10.2 Å². The van der Waals surface area contributed by atoms with Crippen molar-refractivity contribution in [1.29, 1.82) is 0 Å². The van der Waals surface area contributed by atoms with E-state index in [1.807, 2.05) is 38.1 Å². The SMILES string of the molecule is CCCn1c(Sc2c(F)c(F)nc(F)c2F)nnc1-c1cccc(C)c1. The molecule has 0 bridgehead atoms. The Bertz CT molecular complexity index is 932. The van der Waals surface area contributed by atoms with Gasteiger partial charge in [-0.1, -0.05) is 30.7 Å². The normalized spacial score (nSPS) is 11.2. The lowest BCUT2D eigenvalue weighted by atomic mass is 10.1. The Morgan fingerprint density at radius 2 is 1.73 bits per heavy atom. The van der Waals surface area contributed by atoms with Gasteiger partial charge in [-0.05, 0) is 31.2 Å². The number of nitrogens with zero attached hydrogens (tertiary/aromatic N) is 4. The van der Waals surface area contributed by atoms with E-state index in [0.717, 1.165) is 11.1 Å². The predicted octanol–water partition coefficient (Wildman–Crippen LogP) is 4.77. The standard InChI is InChI=1S/C17H14F4N4S/c1-3-7-25-16(10-6-4-5-9(2)8-10)23-24-17(25)26-13-11(18)14(20)22-15(21)12(13)19/h4-6,8H,3,7H2,1-2H3. The molecule has 0 aliphatic carbocycles. The molecule has 0 amide bonds. The van der Waals surface area contributed by atoms with Crippen LogP contribution in [0, 0.1) is 30.5 Å². The highest BCUT2D eigenvalue weighted by atomic mass is 32.2. The van der Waals surface area contributed by atoms with Crippen LogP contribution in [0.15, 0.2) is 34.3 Å². The molecule has 0 aliphatic rings. The molecule has 26 heavy (non-hydrogen) atoms. The van der Waals surface area contributed by atoms with Crippen LogP contribution in [0.5, 0.6) is 0 Å². The first kappa shape index (κ1) is 18.4. The van der Waals surface area contributed by atoms with Crippen LogP contribution >= 0.6 is 11.8 Å². The molecule has 2 aromatic heterocycles. The summed E-state index contributed by atoms with van der Waals surface area (Å²) in [6.45, 7) is 4.31. The molecule has 0 N–H and O–H groups in total. The van der Waals surface area contributed by atoms with Crippen molar-refractivity contribution in [2.24, 2.45) is 0 Å². The molecular formula is C17H14F4N4S. The molecule has 0 saturated heterocycles. The van der Waals surface area contributed by atoms with Crippen LogP contribution in [0.2, 0.25) is 0 Å². The number of aromatic nitrogens is 4. The van der Waals surface area contributed by atoms with E-state index in [9.17, 15) is 17.6 Å². The van der Waals surface area contributed by atoms with E-state index >= 15 is 0 Å². The zero-order valence-electron chi connectivity index (χ0n) is 13.9. The highest BCUT2D eigenvalue weighted by Gasteiger charge is 2.24. The second-order valence-electron chi connectivity index (χ2n) is 5.58. The van der Waals surface area contributed by atoms with Crippen molar-refractivity contribution in [3.8, 4) is 11.4 Å². The molecule has 1 aromatic carbocycles. The number of benzene rings is 1. The van der Waals surface area contributed by atoms with E-state index in [-0.39, 0.29) is 5.16 Å². The summed E-state index contributed by atoms with van der Waals surface area (Å²) < 4.78 is 56.1. The first-order valence-electron chi connectivity index (χ1n) is 7.80. The third kappa shape index (κ3) is 3.44. The van der Waals surface area contributed by atoms with Gasteiger partial charge < -0.3 is 4.57 Å². The molecule has 136 valence electrons. The van der Waals surface area contributed by atoms with Crippen molar-refractivity contribution in [3.05, 3.63) is 53.4 Å². The summed E-state index contributed by atoms with van der Waals surface area (Å²) in [5.41, 5.74) is 1.80. The quantitative estimate of drug-likeness (QED) is 0.471. The van der Waals surface area contributed by atoms with E-state index in [1.165, 1.54) is 0 Å². The fraction of sp³-hybridized carbons (Fsp3) is 0.235. The minimum Gasteiger partial charge on any atom is -0.302 e. The first-order valence-corrected chi connectivity index (χ1v) is 8.62. The van der Waals surface area contributed by atoms with Crippen LogP contribution < -0.4 is 0 Å². The van der Waals surface area contributed by atoms with E-state index in [4.69, 9.17) is 0 Å². The van der Waals surface area contributed by atoms with E-state index < -0.39 is 28.4 Å². The van der Waals surface area contributed by atoms with Crippen molar-refractivity contribution in [1.82, 2.24) is 19.7 Å². The molecule has 0 spiro atoms. The average molecular weight is 382 g/mol. The summed E-state index contributed by atoms with van der Waals surface area (Å²) in [5.74, 6) is -6.01. The van der Waals surface area contributed by atoms with Crippen molar-refractivity contribution in [2.45, 2.75) is 36.9 Å². The summed E-state index contributed by atoms with van der Waals surface area (Å²) in [7, 11) is 0. The van der Waals surface area contributed by atoms with Crippen LogP contribution in [0.4, 0.5) is 17.6 Å². The van der Waals surface area contributed by atoms with Crippen molar-refractivity contribution < 1.29 is 17.6 Å². The first-order chi connectivity index (χ1) is 12.4. The maximum atomic E-state index is 13.9. The van der Waals surface area contributed by atoms with E-state index in [2.05, 4.69) is 15.2 Å². The van der Waals surface area contributed by atoms with Crippen LogP contribution in [0.25, 0.3) is 11.4 Å². The highest BCUT2D eigenvalue weighted by molar-refractivity contribution is 7.99. The summed E-state index contributed by atoms with van der Waals surface area (Å²) >= 11 is 0.475. The van der Waals surface area contributed by atoms with Crippen LogP contribution in [0.3, 0.4) is 0 Å². The van der Waals surface area contributed by atoms with Gasteiger partial charge >= 0.3 is 0 Å². The van der Waals surface area contributed by atoms with Gasteiger partial charge in [0.25, 0.3) is 11.9 Å². The van der Waals surface area contributed by atoms with Gasteiger partial charge in [-0.25, -0.2) is 8.78 Å². The van der Waals surface area contributed by atoms with Crippen LogP contribution in [-0.4, -0.2) is 19.7 Å². The largest absolute Gasteiger partial charge is 0.302 e. The second kappa shape index (κ2) is 7.45. The zero-order valence-corrected chi connectivity index (χ0v) is 14.7. The molecule has 2 heterocycles. The lowest BCUT2D eigenvalue weighted by Gasteiger charge is -2.10. The fourth-order valence-corrected chi connectivity index (χ4v) is 3.34. The Labute approximate surface area is 151 Å². The Balaban J connectivity index is 2.08. The Morgan fingerprint density at radius 3 is 2.35 bits per heavy atom. The minimum absolute atomic E-state index is 0.131. The molecule has 0 saturated carbocycles. The second-order valence-corrected chi connectivity index (χ2v) is 6.56. The maximum absolute atomic E-state index is 13.9. The summed E-state index contributed by atoms with van der Waals surface area (Å²) in [4.78, 5) is 1.72. The lowest BCUT2D eigenvalue weighted by Crippen LogP contribution is -2.05. The third-order valence-electron chi connectivity index (χ3n) is 3.59. The zero-order chi connectivity index (χ0) is 18.8. The van der Waals surface area contributed by atoms with E-state index in [0.29, 0.717) is 30.6 Å².